The Balaban J connectivity index is 2.27. The second-order valence-corrected chi connectivity index (χ2v) is 5.14. The number of nitrogens with one attached hydrogen (secondary N) is 2. The molecule has 1 heterocycles. The largest absolute Gasteiger partial charge is 0.370 e. The van der Waals surface area contributed by atoms with Crippen LogP contribution in [0.4, 0.5) is 0 Å². The predicted molar refractivity (Wildman–Crippen MR) is 70.9 cm³/mol. The average Bonchev–Trinajstić information content (AvgIpc) is 2.78. The summed E-state index contributed by atoms with van der Waals surface area (Å²) in [5.41, 5.74) is 4.85. The number of rotatable bonds is 8. The monoisotopic (exact) mass is 255 g/mol. The molecule has 0 aromatic heterocycles. The van der Waals surface area contributed by atoms with E-state index in [1.54, 1.807) is 0 Å². The molecule has 1 rings (SSSR count). The molecule has 104 valence electrons. The van der Waals surface area contributed by atoms with Crippen molar-refractivity contribution in [3.63, 3.8) is 0 Å². The van der Waals surface area contributed by atoms with Gasteiger partial charge in [0.1, 0.15) is 0 Å². The quantitative estimate of drug-likeness (QED) is 0.553. The number of hydrogen-bond acceptors (Lipinski definition) is 3. The van der Waals surface area contributed by atoms with Gasteiger partial charge in [-0.05, 0) is 32.2 Å². The molecule has 0 spiro atoms. The van der Waals surface area contributed by atoms with Crippen molar-refractivity contribution in [2.75, 3.05) is 19.6 Å². The van der Waals surface area contributed by atoms with Gasteiger partial charge in [-0.15, -0.1) is 0 Å². The summed E-state index contributed by atoms with van der Waals surface area (Å²) in [7, 11) is 0. The molecule has 0 radical (unpaired) electrons. The van der Waals surface area contributed by atoms with Crippen LogP contribution in [0.3, 0.4) is 0 Å². The van der Waals surface area contributed by atoms with Crippen LogP contribution in [0.5, 0.6) is 0 Å². The fraction of sp³-hybridized carbons (Fsp3) is 0.846. The van der Waals surface area contributed by atoms with E-state index in [4.69, 9.17) is 5.73 Å². The molecule has 5 nitrogen and oxygen atoms in total. The molecule has 4 N–H and O–H groups in total. The minimum absolute atomic E-state index is 0.161. The molecule has 2 amide bonds. The van der Waals surface area contributed by atoms with E-state index in [0.29, 0.717) is 13.0 Å². The van der Waals surface area contributed by atoms with E-state index in [1.165, 1.54) is 0 Å². The molecule has 1 aliphatic rings. The molecular formula is C13H25N3O2. The molecule has 1 unspecified atom stereocenters. The van der Waals surface area contributed by atoms with Crippen LogP contribution in [0, 0.1) is 5.41 Å². The Morgan fingerprint density at radius 2 is 2.17 bits per heavy atom. The first-order chi connectivity index (χ1) is 8.60. The van der Waals surface area contributed by atoms with Crippen LogP contribution in [-0.2, 0) is 9.59 Å². The Hall–Kier alpha value is -1.10. The standard InChI is InChI=1S/C13H25N3O2/c1-2-6-13(7-9-15-10-13)12(18)16-8-4-3-5-11(14)17/h15H,2-10H2,1H3,(H2,14,17)(H,16,18). The van der Waals surface area contributed by atoms with Crippen molar-refractivity contribution in [1.29, 1.82) is 0 Å². The van der Waals surface area contributed by atoms with Gasteiger partial charge in [-0.25, -0.2) is 0 Å². The Kier molecular flexibility index (Phi) is 6.12. The third-order valence-corrected chi connectivity index (χ3v) is 3.59. The first-order valence-corrected chi connectivity index (χ1v) is 6.88. The Labute approximate surface area is 109 Å². The van der Waals surface area contributed by atoms with Gasteiger partial charge in [-0.2, -0.15) is 0 Å². The van der Waals surface area contributed by atoms with Crippen molar-refractivity contribution in [1.82, 2.24) is 10.6 Å². The molecule has 1 aliphatic heterocycles. The SMILES string of the molecule is CCCC1(C(=O)NCCCCC(N)=O)CCNC1. The Bertz CT molecular complexity index is 286. The van der Waals surface area contributed by atoms with Gasteiger partial charge in [0.2, 0.25) is 11.8 Å². The molecule has 0 bridgehead atoms. The summed E-state index contributed by atoms with van der Waals surface area (Å²) < 4.78 is 0. The van der Waals surface area contributed by atoms with E-state index >= 15 is 0 Å². The summed E-state index contributed by atoms with van der Waals surface area (Å²) in [6.45, 7) is 4.46. The minimum atomic E-state index is -0.274. The zero-order valence-corrected chi connectivity index (χ0v) is 11.3. The normalized spacial score (nSPS) is 22.9. The third kappa shape index (κ3) is 4.29. The molecule has 0 saturated carbocycles. The highest BCUT2D eigenvalue weighted by Gasteiger charge is 2.39. The lowest BCUT2D eigenvalue weighted by molar-refractivity contribution is -0.130. The fourth-order valence-corrected chi connectivity index (χ4v) is 2.56. The van der Waals surface area contributed by atoms with Gasteiger partial charge in [-0.3, -0.25) is 9.59 Å². The summed E-state index contributed by atoms with van der Waals surface area (Å²) in [5, 5.41) is 6.27. The maximum absolute atomic E-state index is 12.2. The smallest absolute Gasteiger partial charge is 0.227 e. The van der Waals surface area contributed by atoms with Crippen LogP contribution in [0.15, 0.2) is 0 Å². The highest BCUT2D eigenvalue weighted by atomic mass is 16.2. The van der Waals surface area contributed by atoms with E-state index in [9.17, 15) is 9.59 Å². The van der Waals surface area contributed by atoms with Gasteiger partial charge in [0.25, 0.3) is 0 Å². The third-order valence-electron chi connectivity index (χ3n) is 3.59. The molecule has 0 aromatic rings. The highest BCUT2D eigenvalue weighted by Crippen LogP contribution is 2.31. The number of carbonyl (C=O) groups is 2. The van der Waals surface area contributed by atoms with Crippen LogP contribution >= 0.6 is 0 Å². The summed E-state index contributed by atoms with van der Waals surface area (Å²) in [4.78, 5) is 22.8. The fourth-order valence-electron chi connectivity index (χ4n) is 2.56. The van der Waals surface area contributed by atoms with E-state index in [1.807, 2.05) is 0 Å². The van der Waals surface area contributed by atoms with Crippen molar-refractivity contribution in [3.8, 4) is 0 Å². The summed E-state index contributed by atoms with van der Waals surface area (Å²) >= 11 is 0. The lowest BCUT2D eigenvalue weighted by atomic mass is 9.81. The number of carbonyl (C=O) groups excluding carboxylic acids is 2. The number of amides is 2. The van der Waals surface area contributed by atoms with E-state index in [2.05, 4.69) is 17.6 Å². The van der Waals surface area contributed by atoms with Crippen LogP contribution < -0.4 is 16.4 Å². The summed E-state index contributed by atoms with van der Waals surface area (Å²) in [6, 6.07) is 0. The zero-order chi connectivity index (χ0) is 13.4. The van der Waals surface area contributed by atoms with Crippen LogP contribution in [0.2, 0.25) is 0 Å². The van der Waals surface area contributed by atoms with Gasteiger partial charge in [0.05, 0.1) is 5.41 Å². The molecular weight excluding hydrogens is 230 g/mol. The highest BCUT2D eigenvalue weighted by molar-refractivity contribution is 5.83. The summed E-state index contributed by atoms with van der Waals surface area (Å²) in [6.07, 6.45) is 4.84. The predicted octanol–water partition coefficient (Wildman–Crippen LogP) is 0.538. The Morgan fingerprint density at radius 1 is 1.39 bits per heavy atom. The van der Waals surface area contributed by atoms with E-state index < -0.39 is 0 Å². The van der Waals surface area contributed by atoms with Crippen LogP contribution in [0.1, 0.15) is 45.4 Å². The molecule has 5 heteroatoms. The number of primary amides is 1. The molecule has 1 saturated heterocycles. The van der Waals surface area contributed by atoms with E-state index in [-0.39, 0.29) is 17.2 Å². The maximum Gasteiger partial charge on any atom is 0.227 e. The lowest BCUT2D eigenvalue weighted by Crippen LogP contribution is -2.42. The van der Waals surface area contributed by atoms with E-state index in [0.717, 1.165) is 45.2 Å². The number of unbranched alkanes of at least 4 members (excludes halogenated alkanes) is 1. The van der Waals surface area contributed by atoms with Crippen molar-refractivity contribution in [2.24, 2.45) is 11.1 Å². The van der Waals surface area contributed by atoms with Crippen molar-refractivity contribution < 1.29 is 9.59 Å². The lowest BCUT2D eigenvalue weighted by Gasteiger charge is -2.26. The molecule has 1 atom stereocenters. The molecule has 1 fully saturated rings. The van der Waals surface area contributed by atoms with Gasteiger partial charge in [0, 0.05) is 19.5 Å². The second kappa shape index (κ2) is 7.36. The number of nitrogens with two attached hydrogens (primary N) is 1. The number of hydrogen-bond donors (Lipinski definition) is 3. The van der Waals surface area contributed by atoms with Crippen molar-refractivity contribution >= 4 is 11.8 Å². The first kappa shape index (κ1) is 15.0. The van der Waals surface area contributed by atoms with Crippen LogP contribution in [-0.4, -0.2) is 31.4 Å². The minimum Gasteiger partial charge on any atom is -0.370 e. The molecule has 0 aromatic carbocycles. The van der Waals surface area contributed by atoms with Gasteiger partial charge >= 0.3 is 0 Å². The van der Waals surface area contributed by atoms with Crippen molar-refractivity contribution in [3.05, 3.63) is 0 Å². The van der Waals surface area contributed by atoms with Crippen molar-refractivity contribution in [2.45, 2.75) is 45.4 Å². The zero-order valence-electron chi connectivity index (χ0n) is 11.3. The average molecular weight is 255 g/mol. The van der Waals surface area contributed by atoms with Gasteiger partial charge in [0.15, 0.2) is 0 Å². The second-order valence-electron chi connectivity index (χ2n) is 5.14. The first-order valence-electron chi connectivity index (χ1n) is 6.88. The summed E-state index contributed by atoms with van der Waals surface area (Å²) in [5.74, 6) is -0.114. The Morgan fingerprint density at radius 3 is 2.72 bits per heavy atom. The van der Waals surface area contributed by atoms with Gasteiger partial charge in [-0.1, -0.05) is 13.3 Å². The molecule has 0 aliphatic carbocycles. The van der Waals surface area contributed by atoms with Crippen LogP contribution in [0.25, 0.3) is 0 Å². The van der Waals surface area contributed by atoms with Gasteiger partial charge < -0.3 is 16.4 Å². The topological polar surface area (TPSA) is 84.2 Å². The molecule has 18 heavy (non-hydrogen) atoms. The maximum atomic E-state index is 12.2.